The summed E-state index contributed by atoms with van der Waals surface area (Å²) in [5.74, 6) is 0.529. The van der Waals surface area contributed by atoms with E-state index in [0.29, 0.717) is 12.3 Å². The SMILES string of the molecule is O=C(COc1cccc2cccnc12)NCCCN1CCOCC1. The van der Waals surface area contributed by atoms with Gasteiger partial charge in [0, 0.05) is 31.2 Å². The van der Waals surface area contributed by atoms with Gasteiger partial charge in [-0.05, 0) is 25.1 Å². The summed E-state index contributed by atoms with van der Waals surface area (Å²) in [6.07, 6.45) is 2.66. The Kier molecular flexibility index (Phi) is 5.98. The summed E-state index contributed by atoms with van der Waals surface area (Å²) in [5, 5.41) is 3.90. The fraction of sp³-hybridized carbons (Fsp3) is 0.444. The molecule has 1 aliphatic rings. The number of ether oxygens (including phenoxy) is 2. The van der Waals surface area contributed by atoms with Gasteiger partial charge in [0.15, 0.2) is 6.61 Å². The number of aromatic nitrogens is 1. The molecule has 6 nitrogen and oxygen atoms in total. The van der Waals surface area contributed by atoms with E-state index in [1.54, 1.807) is 6.20 Å². The van der Waals surface area contributed by atoms with Crippen LogP contribution in [0, 0.1) is 0 Å². The van der Waals surface area contributed by atoms with Gasteiger partial charge < -0.3 is 14.8 Å². The number of carbonyl (C=O) groups excluding carboxylic acids is 1. The average molecular weight is 329 g/mol. The monoisotopic (exact) mass is 329 g/mol. The van der Waals surface area contributed by atoms with Crippen molar-refractivity contribution >= 4 is 16.8 Å². The van der Waals surface area contributed by atoms with Gasteiger partial charge in [-0.25, -0.2) is 0 Å². The van der Waals surface area contributed by atoms with Crippen LogP contribution in [0.25, 0.3) is 10.9 Å². The van der Waals surface area contributed by atoms with Crippen LogP contribution in [0.4, 0.5) is 0 Å². The number of nitrogens with zero attached hydrogens (tertiary/aromatic N) is 2. The fourth-order valence-corrected chi connectivity index (χ4v) is 2.74. The highest BCUT2D eigenvalue weighted by atomic mass is 16.5. The van der Waals surface area contributed by atoms with Crippen LogP contribution < -0.4 is 10.1 Å². The first-order valence-corrected chi connectivity index (χ1v) is 8.36. The molecule has 1 fully saturated rings. The van der Waals surface area contributed by atoms with Gasteiger partial charge in [-0.1, -0.05) is 18.2 Å². The molecule has 2 aromatic rings. The summed E-state index contributed by atoms with van der Waals surface area (Å²) in [7, 11) is 0. The van der Waals surface area contributed by atoms with Crippen LogP contribution in [0.5, 0.6) is 5.75 Å². The van der Waals surface area contributed by atoms with E-state index in [1.165, 1.54) is 0 Å². The Morgan fingerprint density at radius 2 is 2.08 bits per heavy atom. The molecular weight excluding hydrogens is 306 g/mol. The Bertz CT molecular complexity index is 666. The van der Waals surface area contributed by atoms with Crippen molar-refractivity contribution in [3.05, 3.63) is 36.5 Å². The molecule has 1 aromatic carbocycles. The number of carbonyl (C=O) groups is 1. The molecule has 1 aromatic heterocycles. The molecule has 0 radical (unpaired) electrons. The number of nitrogens with one attached hydrogen (secondary N) is 1. The number of fused-ring (bicyclic) bond motifs is 1. The van der Waals surface area contributed by atoms with E-state index in [2.05, 4.69) is 15.2 Å². The molecular formula is C18H23N3O3. The normalized spacial score (nSPS) is 15.3. The van der Waals surface area contributed by atoms with Crippen molar-refractivity contribution in [1.29, 1.82) is 0 Å². The van der Waals surface area contributed by atoms with Gasteiger partial charge in [0.05, 0.1) is 13.2 Å². The lowest BCUT2D eigenvalue weighted by Gasteiger charge is -2.26. The third kappa shape index (κ3) is 4.66. The quantitative estimate of drug-likeness (QED) is 0.779. The Morgan fingerprint density at radius 3 is 2.96 bits per heavy atom. The van der Waals surface area contributed by atoms with Crippen LogP contribution in [0.3, 0.4) is 0 Å². The number of hydrogen-bond donors (Lipinski definition) is 1. The predicted molar refractivity (Wildman–Crippen MR) is 92.1 cm³/mol. The molecule has 3 rings (SSSR count). The molecule has 2 heterocycles. The lowest BCUT2D eigenvalue weighted by Crippen LogP contribution is -2.38. The largest absolute Gasteiger partial charge is 0.481 e. The maximum absolute atomic E-state index is 11.9. The third-order valence-corrected chi connectivity index (χ3v) is 4.03. The standard InChI is InChI=1S/C18H23N3O3/c22-17(19-8-3-9-21-10-12-23-13-11-21)14-24-16-6-1-4-15-5-2-7-20-18(15)16/h1-2,4-7H,3,8-14H2,(H,19,22). The van der Waals surface area contributed by atoms with Crippen molar-refractivity contribution in [2.75, 3.05) is 46.0 Å². The van der Waals surface area contributed by atoms with Crippen molar-refractivity contribution in [2.45, 2.75) is 6.42 Å². The second-order valence-corrected chi connectivity index (χ2v) is 5.78. The molecule has 0 saturated carbocycles. The van der Waals surface area contributed by atoms with E-state index in [4.69, 9.17) is 9.47 Å². The van der Waals surface area contributed by atoms with E-state index in [-0.39, 0.29) is 12.5 Å². The van der Waals surface area contributed by atoms with Crippen LogP contribution >= 0.6 is 0 Å². The van der Waals surface area contributed by atoms with E-state index >= 15 is 0 Å². The van der Waals surface area contributed by atoms with Crippen LogP contribution in [-0.4, -0.2) is 61.8 Å². The van der Waals surface area contributed by atoms with Gasteiger partial charge >= 0.3 is 0 Å². The molecule has 1 N–H and O–H groups in total. The van der Waals surface area contributed by atoms with Gasteiger partial charge in [0.2, 0.25) is 0 Å². The Hall–Kier alpha value is -2.18. The van der Waals surface area contributed by atoms with Gasteiger partial charge in [0.1, 0.15) is 11.3 Å². The van der Waals surface area contributed by atoms with Crippen molar-refractivity contribution in [3.8, 4) is 5.75 Å². The van der Waals surface area contributed by atoms with Gasteiger partial charge in [0.25, 0.3) is 5.91 Å². The first-order chi connectivity index (χ1) is 11.8. The summed E-state index contributed by atoms with van der Waals surface area (Å²) in [6, 6.07) is 9.57. The molecule has 24 heavy (non-hydrogen) atoms. The summed E-state index contributed by atoms with van der Waals surface area (Å²) in [5.41, 5.74) is 0.778. The maximum Gasteiger partial charge on any atom is 0.257 e. The zero-order valence-corrected chi connectivity index (χ0v) is 13.7. The smallest absolute Gasteiger partial charge is 0.257 e. The zero-order chi connectivity index (χ0) is 16.6. The van der Waals surface area contributed by atoms with E-state index in [0.717, 1.165) is 50.2 Å². The number of morpholine rings is 1. The first-order valence-electron chi connectivity index (χ1n) is 8.36. The van der Waals surface area contributed by atoms with Crippen LogP contribution in [-0.2, 0) is 9.53 Å². The van der Waals surface area contributed by atoms with Crippen molar-refractivity contribution in [3.63, 3.8) is 0 Å². The highest BCUT2D eigenvalue weighted by molar-refractivity contribution is 5.85. The topological polar surface area (TPSA) is 63.7 Å². The first kappa shape index (κ1) is 16.7. The molecule has 6 heteroatoms. The summed E-state index contributed by atoms with van der Waals surface area (Å²) in [6.45, 7) is 5.22. The number of amides is 1. The third-order valence-electron chi connectivity index (χ3n) is 4.03. The summed E-state index contributed by atoms with van der Waals surface area (Å²) in [4.78, 5) is 18.6. The molecule has 0 atom stereocenters. The Morgan fingerprint density at radius 1 is 1.25 bits per heavy atom. The van der Waals surface area contributed by atoms with Crippen LogP contribution in [0.1, 0.15) is 6.42 Å². The summed E-state index contributed by atoms with van der Waals surface area (Å²) < 4.78 is 10.9. The van der Waals surface area contributed by atoms with Crippen LogP contribution in [0.15, 0.2) is 36.5 Å². The van der Waals surface area contributed by atoms with Crippen molar-refractivity contribution in [1.82, 2.24) is 15.2 Å². The van der Waals surface area contributed by atoms with Crippen LogP contribution in [0.2, 0.25) is 0 Å². The number of benzene rings is 1. The predicted octanol–water partition coefficient (Wildman–Crippen LogP) is 1.45. The second-order valence-electron chi connectivity index (χ2n) is 5.78. The number of para-hydroxylation sites is 1. The lowest BCUT2D eigenvalue weighted by molar-refractivity contribution is -0.123. The molecule has 0 unspecified atom stereocenters. The highest BCUT2D eigenvalue weighted by Gasteiger charge is 2.10. The highest BCUT2D eigenvalue weighted by Crippen LogP contribution is 2.22. The second kappa shape index (κ2) is 8.61. The molecule has 0 aliphatic carbocycles. The van der Waals surface area contributed by atoms with E-state index < -0.39 is 0 Å². The Balaban J connectivity index is 1.39. The van der Waals surface area contributed by atoms with Crippen molar-refractivity contribution in [2.24, 2.45) is 0 Å². The minimum absolute atomic E-state index is 0.00718. The van der Waals surface area contributed by atoms with Gasteiger partial charge in [-0.15, -0.1) is 0 Å². The lowest BCUT2D eigenvalue weighted by atomic mass is 10.2. The minimum Gasteiger partial charge on any atom is -0.481 e. The van der Waals surface area contributed by atoms with Crippen molar-refractivity contribution < 1.29 is 14.3 Å². The van der Waals surface area contributed by atoms with Gasteiger partial charge in [-0.3, -0.25) is 14.7 Å². The molecule has 0 spiro atoms. The Labute approximate surface area is 141 Å². The molecule has 1 aliphatic heterocycles. The van der Waals surface area contributed by atoms with E-state index in [1.807, 2.05) is 30.3 Å². The average Bonchev–Trinajstić information content (AvgIpc) is 2.64. The molecule has 1 saturated heterocycles. The number of rotatable bonds is 7. The van der Waals surface area contributed by atoms with Gasteiger partial charge in [-0.2, -0.15) is 0 Å². The number of hydrogen-bond acceptors (Lipinski definition) is 5. The molecule has 128 valence electrons. The summed E-state index contributed by atoms with van der Waals surface area (Å²) >= 11 is 0. The minimum atomic E-state index is -0.107. The fourth-order valence-electron chi connectivity index (χ4n) is 2.74. The number of pyridine rings is 1. The maximum atomic E-state index is 11.9. The molecule has 1 amide bonds. The van der Waals surface area contributed by atoms with E-state index in [9.17, 15) is 4.79 Å². The zero-order valence-electron chi connectivity index (χ0n) is 13.7. The molecule has 0 bridgehead atoms.